The summed E-state index contributed by atoms with van der Waals surface area (Å²) in [6, 6.07) is 7.68. The average Bonchev–Trinajstić information content (AvgIpc) is 3.19. The van der Waals surface area contributed by atoms with Crippen LogP contribution in [0.25, 0.3) is 0 Å². The summed E-state index contributed by atoms with van der Waals surface area (Å²) < 4.78 is 34.0. The number of hydrogen-bond donors (Lipinski definition) is 1. The van der Waals surface area contributed by atoms with Crippen LogP contribution in [0, 0.1) is 11.8 Å². The van der Waals surface area contributed by atoms with E-state index < -0.39 is 22.1 Å². The van der Waals surface area contributed by atoms with Gasteiger partial charge in [-0.1, -0.05) is 24.3 Å². The highest BCUT2D eigenvalue weighted by atomic mass is 32.2. The number of fused-ring (bicyclic) bond motifs is 2. The van der Waals surface area contributed by atoms with Gasteiger partial charge in [-0.3, -0.25) is 4.79 Å². The Bertz CT molecular complexity index is 725. The van der Waals surface area contributed by atoms with Crippen LogP contribution in [0.5, 0.6) is 0 Å². The van der Waals surface area contributed by atoms with E-state index in [1.54, 1.807) is 0 Å². The van der Waals surface area contributed by atoms with Crippen molar-refractivity contribution in [3.63, 3.8) is 0 Å². The molecule has 2 fully saturated rings. The summed E-state index contributed by atoms with van der Waals surface area (Å²) in [7, 11) is -3.60. The van der Waals surface area contributed by atoms with E-state index in [-0.39, 0.29) is 31.7 Å². The highest BCUT2D eigenvalue weighted by Crippen LogP contribution is 2.37. The Kier molecular flexibility index (Phi) is 3.45. The lowest BCUT2D eigenvalue weighted by Crippen LogP contribution is -2.41. The lowest BCUT2D eigenvalue weighted by atomic mass is 9.94. The van der Waals surface area contributed by atoms with Crippen LogP contribution < -0.4 is 0 Å². The van der Waals surface area contributed by atoms with Crippen molar-refractivity contribution in [1.29, 1.82) is 0 Å². The lowest BCUT2D eigenvalue weighted by molar-refractivity contribution is -0.142. The molecular formula is C15H18N2O5S. The second-order valence-corrected chi connectivity index (χ2v) is 8.27. The summed E-state index contributed by atoms with van der Waals surface area (Å²) in [6.45, 7) is 1.37. The number of hydrogen-bond acceptors (Lipinski definition) is 4. The number of ether oxygens (including phenoxy) is 1. The number of carboxylic acids is 1. The molecule has 1 aromatic carbocycles. The van der Waals surface area contributed by atoms with Gasteiger partial charge in [-0.15, -0.1) is 0 Å². The highest BCUT2D eigenvalue weighted by Gasteiger charge is 2.51. The molecular weight excluding hydrogens is 320 g/mol. The monoisotopic (exact) mass is 338 g/mol. The Labute approximate surface area is 134 Å². The second-order valence-electron chi connectivity index (χ2n) is 6.34. The van der Waals surface area contributed by atoms with Crippen LogP contribution in [0.1, 0.15) is 11.1 Å². The maximum Gasteiger partial charge on any atom is 0.309 e. The van der Waals surface area contributed by atoms with E-state index in [4.69, 9.17) is 4.74 Å². The van der Waals surface area contributed by atoms with Crippen LogP contribution in [-0.4, -0.2) is 53.9 Å². The van der Waals surface area contributed by atoms with E-state index >= 15 is 0 Å². The molecule has 3 aliphatic heterocycles. The highest BCUT2D eigenvalue weighted by molar-refractivity contribution is 7.86. The van der Waals surface area contributed by atoms with Crippen molar-refractivity contribution in [2.24, 2.45) is 11.8 Å². The molecule has 0 bridgehead atoms. The zero-order valence-corrected chi connectivity index (χ0v) is 13.3. The van der Waals surface area contributed by atoms with Gasteiger partial charge in [-0.2, -0.15) is 17.0 Å². The molecule has 0 unspecified atom stereocenters. The van der Waals surface area contributed by atoms with Crippen molar-refractivity contribution in [3.8, 4) is 0 Å². The fourth-order valence-corrected chi connectivity index (χ4v) is 5.37. The Morgan fingerprint density at radius 1 is 1.13 bits per heavy atom. The standard InChI is InChI=1S/C15H18N2O5S/c18-15(19)13-9-22-14-8-17(7-12(13)14)23(20,21)16-5-10-3-1-2-4-11(10)6-16/h1-4,12-14H,5-9H2,(H,18,19)/t12-,13-,14-/m1/s1. The van der Waals surface area contributed by atoms with Crippen LogP contribution >= 0.6 is 0 Å². The van der Waals surface area contributed by atoms with E-state index in [2.05, 4.69) is 0 Å². The SMILES string of the molecule is O=C(O)[C@@H]1CO[C@@H]2CN(S(=O)(=O)N3Cc4ccccc4C3)C[C@@H]21. The number of aliphatic carboxylic acids is 1. The molecule has 3 heterocycles. The van der Waals surface area contributed by atoms with Crippen molar-refractivity contribution in [2.45, 2.75) is 19.2 Å². The summed E-state index contributed by atoms with van der Waals surface area (Å²) in [5.74, 6) is -1.78. The number of rotatable bonds is 3. The molecule has 1 N–H and O–H groups in total. The molecule has 3 atom stereocenters. The first-order chi connectivity index (χ1) is 11.0. The van der Waals surface area contributed by atoms with Gasteiger partial charge < -0.3 is 9.84 Å². The Hall–Kier alpha value is -1.48. The predicted octanol–water partition coefficient (Wildman–Crippen LogP) is 0.278. The summed E-state index contributed by atoms with van der Waals surface area (Å²) in [5.41, 5.74) is 2.05. The van der Waals surface area contributed by atoms with Gasteiger partial charge in [-0.05, 0) is 11.1 Å². The maximum atomic E-state index is 12.9. The fourth-order valence-electron chi connectivity index (χ4n) is 3.75. The third-order valence-corrected chi connectivity index (χ3v) is 6.93. The Morgan fingerprint density at radius 3 is 2.39 bits per heavy atom. The third-order valence-electron chi connectivity index (χ3n) is 5.06. The van der Waals surface area contributed by atoms with E-state index in [1.165, 1.54) is 8.61 Å². The van der Waals surface area contributed by atoms with Gasteiger partial charge in [0.25, 0.3) is 10.2 Å². The van der Waals surface area contributed by atoms with Crippen LogP contribution in [0.3, 0.4) is 0 Å². The molecule has 124 valence electrons. The largest absolute Gasteiger partial charge is 0.481 e. The molecule has 0 saturated carbocycles. The summed E-state index contributed by atoms with van der Waals surface area (Å²) >= 11 is 0. The molecule has 3 aliphatic rings. The van der Waals surface area contributed by atoms with Crippen LogP contribution in [0.4, 0.5) is 0 Å². The average molecular weight is 338 g/mol. The minimum Gasteiger partial charge on any atom is -0.481 e. The van der Waals surface area contributed by atoms with Gasteiger partial charge in [-0.25, -0.2) is 0 Å². The number of nitrogens with zero attached hydrogens (tertiary/aromatic N) is 2. The molecule has 1 aromatic rings. The maximum absolute atomic E-state index is 12.9. The summed E-state index contributed by atoms with van der Waals surface area (Å²) in [4.78, 5) is 11.2. The molecule has 0 amide bonds. The first-order valence-electron chi connectivity index (χ1n) is 7.63. The minimum atomic E-state index is -3.60. The molecule has 0 radical (unpaired) electrons. The van der Waals surface area contributed by atoms with Gasteiger partial charge in [0.2, 0.25) is 0 Å². The van der Waals surface area contributed by atoms with Crippen LogP contribution in [0.15, 0.2) is 24.3 Å². The smallest absolute Gasteiger partial charge is 0.309 e. The van der Waals surface area contributed by atoms with Crippen molar-refractivity contribution < 1.29 is 23.1 Å². The van der Waals surface area contributed by atoms with Crippen LogP contribution in [-0.2, 0) is 32.8 Å². The number of carboxylic acid groups (broad SMARTS) is 1. The number of carbonyl (C=O) groups is 1. The summed E-state index contributed by atoms with van der Waals surface area (Å²) in [5, 5.41) is 9.22. The minimum absolute atomic E-state index is 0.174. The van der Waals surface area contributed by atoms with Gasteiger partial charge in [0.1, 0.15) is 0 Å². The topological polar surface area (TPSA) is 87.1 Å². The quantitative estimate of drug-likeness (QED) is 0.855. The third kappa shape index (κ3) is 2.37. The first kappa shape index (κ1) is 15.1. The van der Waals surface area contributed by atoms with Gasteiger partial charge in [0.15, 0.2) is 0 Å². The zero-order valence-electron chi connectivity index (χ0n) is 12.5. The van der Waals surface area contributed by atoms with Gasteiger partial charge in [0.05, 0.1) is 18.6 Å². The second kappa shape index (κ2) is 5.27. The van der Waals surface area contributed by atoms with Crippen molar-refractivity contribution in [2.75, 3.05) is 19.7 Å². The van der Waals surface area contributed by atoms with Crippen molar-refractivity contribution in [3.05, 3.63) is 35.4 Å². The normalized spacial score (nSPS) is 31.2. The predicted molar refractivity (Wildman–Crippen MR) is 80.5 cm³/mol. The molecule has 8 heteroatoms. The van der Waals surface area contributed by atoms with Crippen molar-refractivity contribution in [1.82, 2.24) is 8.61 Å². The molecule has 0 spiro atoms. The van der Waals surface area contributed by atoms with Crippen molar-refractivity contribution >= 4 is 16.2 Å². The van der Waals surface area contributed by atoms with Crippen LogP contribution in [0.2, 0.25) is 0 Å². The van der Waals surface area contributed by atoms with E-state index in [0.717, 1.165) is 11.1 Å². The Morgan fingerprint density at radius 2 is 1.78 bits per heavy atom. The van der Waals surface area contributed by atoms with E-state index in [0.29, 0.717) is 13.1 Å². The molecule has 0 aliphatic carbocycles. The molecule has 0 aromatic heterocycles. The van der Waals surface area contributed by atoms with E-state index in [9.17, 15) is 18.3 Å². The molecule has 2 saturated heterocycles. The van der Waals surface area contributed by atoms with Gasteiger partial charge >= 0.3 is 5.97 Å². The lowest BCUT2D eigenvalue weighted by Gasteiger charge is -2.24. The number of benzene rings is 1. The zero-order chi connectivity index (χ0) is 16.2. The first-order valence-corrected chi connectivity index (χ1v) is 9.03. The van der Waals surface area contributed by atoms with E-state index in [1.807, 2.05) is 24.3 Å². The Balaban J connectivity index is 1.52. The molecule has 7 nitrogen and oxygen atoms in total. The van der Waals surface area contributed by atoms with Gasteiger partial charge in [0, 0.05) is 32.1 Å². The molecule has 4 rings (SSSR count). The summed E-state index contributed by atoms with van der Waals surface area (Å²) in [6.07, 6.45) is -0.309. The fraction of sp³-hybridized carbons (Fsp3) is 0.533. The molecule has 23 heavy (non-hydrogen) atoms.